The third-order valence-corrected chi connectivity index (χ3v) is 2.36. The van der Waals surface area contributed by atoms with E-state index in [1.54, 1.807) is 0 Å². The maximum Gasteiger partial charge on any atom is 0.123 e. The van der Waals surface area contributed by atoms with Gasteiger partial charge in [0.05, 0.1) is 0 Å². The van der Waals surface area contributed by atoms with Crippen molar-refractivity contribution in [1.29, 1.82) is 0 Å². The molecule has 1 aromatic rings. The highest BCUT2D eigenvalue weighted by molar-refractivity contribution is 5.35. The van der Waals surface area contributed by atoms with E-state index in [0.29, 0.717) is 0 Å². The molecule has 0 aromatic heterocycles. The molecule has 0 saturated carbocycles. The van der Waals surface area contributed by atoms with Crippen LogP contribution in [0.4, 0.5) is 0 Å². The number of benzene rings is 1. The Morgan fingerprint density at radius 1 is 1.38 bits per heavy atom. The minimum Gasteiger partial charge on any atom is -0.486 e. The molecule has 1 aliphatic rings. The number of hydrogen-bond donors (Lipinski definition) is 0. The molecule has 0 fully saturated rings. The predicted molar refractivity (Wildman–Crippen MR) is 54.0 cm³/mol. The van der Waals surface area contributed by atoms with Crippen molar-refractivity contribution < 1.29 is 4.74 Å². The Labute approximate surface area is 79.0 Å². The molecule has 0 radical (unpaired) electrons. The van der Waals surface area contributed by atoms with Gasteiger partial charge in [0.15, 0.2) is 0 Å². The molecule has 0 N–H and O–H groups in total. The molecule has 0 spiro atoms. The van der Waals surface area contributed by atoms with Gasteiger partial charge in [0.1, 0.15) is 11.9 Å². The van der Waals surface area contributed by atoms with Crippen LogP contribution in [0.15, 0.2) is 36.4 Å². The Hall–Kier alpha value is -1.24. The zero-order valence-corrected chi connectivity index (χ0v) is 7.86. The van der Waals surface area contributed by atoms with Crippen molar-refractivity contribution in [1.82, 2.24) is 0 Å². The molecule has 0 saturated heterocycles. The molecule has 0 amide bonds. The van der Waals surface area contributed by atoms with Crippen LogP contribution in [0.5, 0.6) is 5.75 Å². The lowest BCUT2D eigenvalue weighted by Gasteiger charge is -2.23. The molecule has 0 aliphatic carbocycles. The molecule has 13 heavy (non-hydrogen) atoms. The number of hydrogen-bond acceptors (Lipinski definition) is 1. The molecule has 68 valence electrons. The summed E-state index contributed by atoms with van der Waals surface area (Å²) in [5, 5.41) is 0. The van der Waals surface area contributed by atoms with Crippen LogP contribution in [0, 0.1) is 0 Å². The van der Waals surface area contributed by atoms with Gasteiger partial charge >= 0.3 is 0 Å². The summed E-state index contributed by atoms with van der Waals surface area (Å²) in [6.07, 6.45) is 6.68. The lowest BCUT2D eigenvalue weighted by molar-refractivity contribution is 0.218. The Morgan fingerprint density at radius 2 is 2.23 bits per heavy atom. The molecule has 1 heterocycles. The standard InChI is InChI=1S/C12H14O/c1-2-5-11-9-8-10-6-3-4-7-12(10)13-11/h2-7,11H,8-9H2,1H3/t11-/m1/s1. The third kappa shape index (κ3) is 1.74. The number of rotatable bonds is 1. The third-order valence-electron chi connectivity index (χ3n) is 2.36. The molecule has 0 bridgehead atoms. The highest BCUT2D eigenvalue weighted by Gasteiger charge is 2.15. The van der Waals surface area contributed by atoms with Crippen molar-refractivity contribution in [3.63, 3.8) is 0 Å². The van der Waals surface area contributed by atoms with Gasteiger partial charge in [-0.2, -0.15) is 0 Å². The molecular formula is C12H14O. The summed E-state index contributed by atoms with van der Waals surface area (Å²) in [7, 11) is 0. The first-order valence-corrected chi connectivity index (χ1v) is 4.77. The Bertz CT molecular complexity index is 315. The number of aryl methyl sites for hydroxylation is 1. The zero-order valence-electron chi connectivity index (χ0n) is 7.86. The van der Waals surface area contributed by atoms with Gasteiger partial charge < -0.3 is 4.74 Å². The Kier molecular flexibility index (Phi) is 2.35. The second-order valence-corrected chi connectivity index (χ2v) is 3.33. The van der Waals surface area contributed by atoms with E-state index in [2.05, 4.69) is 24.3 Å². The average Bonchev–Trinajstić information content (AvgIpc) is 2.18. The minimum absolute atomic E-state index is 0.278. The van der Waals surface area contributed by atoms with Crippen molar-refractivity contribution in [2.75, 3.05) is 0 Å². The van der Waals surface area contributed by atoms with Gasteiger partial charge in [-0.25, -0.2) is 0 Å². The van der Waals surface area contributed by atoms with E-state index in [1.807, 2.05) is 19.1 Å². The van der Waals surface area contributed by atoms with Crippen molar-refractivity contribution in [3.05, 3.63) is 42.0 Å². The van der Waals surface area contributed by atoms with Gasteiger partial charge in [-0.1, -0.05) is 24.3 Å². The van der Waals surface area contributed by atoms with Crippen LogP contribution < -0.4 is 4.74 Å². The number of fused-ring (bicyclic) bond motifs is 1. The van der Waals surface area contributed by atoms with Crippen LogP contribution in [-0.2, 0) is 6.42 Å². The van der Waals surface area contributed by atoms with Gasteiger partial charge in [0.25, 0.3) is 0 Å². The number of allylic oxidation sites excluding steroid dienone is 1. The summed E-state index contributed by atoms with van der Waals surface area (Å²) >= 11 is 0. The molecule has 1 heteroatoms. The topological polar surface area (TPSA) is 9.23 Å². The van der Waals surface area contributed by atoms with E-state index in [4.69, 9.17) is 4.74 Å². The highest BCUT2D eigenvalue weighted by Crippen LogP contribution is 2.27. The molecule has 1 aromatic carbocycles. The molecule has 1 aliphatic heterocycles. The summed E-state index contributed by atoms with van der Waals surface area (Å²) in [6.45, 7) is 2.03. The summed E-state index contributed by atoms with van der Waals surface area (Å²) in [6, 6.07) is 8.28. The van der Waals surface area contributed by atoms with Crippen molar-refractivity contribution in [2.45, 2.75) is 25.9 Å². The smallest absolute Gasteiger partial charge is 0.123 e. The van der Waals surface area contributed by atoms with Crippen LogP contribution in [-0.4, -0.2) is 6.10 Å². The highest BCUT2D eigenvalue weighted by atomic mass is 16.5. The molecule has 2 rings (SSSR count). The Balaban J connectivity index is 2.19. The second kappa shape index (κ2) is 3.65. The number of para-hydroxylation sites is 1. The van der Waals surface area contributed by atoms with Crippen LogP contribution in [0.25, 0.3) is 0 Å². The van der Waals surface area contributed by atoms with Gasteiger partial charge in [-0.3, -0.25) is 0 Å². The maximum absolute atomic E-state index is 5.79. The number of ether oxygens (including phenoxy) is 1. The summed E-state index contributed by atoms with van der Waals surface area (Å²) in [5.41, 5.74) is 1.34. The Morgan fingerprint density at radius 3 is 3.08 bits per heavy atom. The van der Waals surface area contributed by atoms with E-state index in [-0.39, 0.29) is 6.10 Å². The SMILES string of the molecule is CC=C[C@@H]1CCc2ccccc2O1. The first-order valence-electron chi connectivity index (χ1n) is 4.77. The first kappa shape index (κ1) is 8.36. The van der Waals surface area contributed by atoms with Gasteiger partial charge in [0, 0.05) is 0 Å². The fraction of sp³-hybridized carbons (Fsp3) is 0.333. The van der Waals surface area contributed by atoms with E-state index >= 15 is 0 Å². The fourth-order valence-corrected chi connectivity index (χ4v) is 1.70. The monoisotopic (exact) mass is 174 g/mol. The van der Waals surface area contributed by atoms with Crippen LogP contribution >= 0.6 is 0 Å². The summed E-state index contributed by atoms with van der Waals surface area (Å²) < 4.78 is 5.79. The van der Waals surface area contributed by atoms with Crippen LogP contribution in [0.3, 0.4) is 0 Å². The normalized spacial score (nSPS) is 21.2. The largest absolute Gasteiger partial charge is 0.486 e. The van der Waals surface area contributed by atoms with Gasteiger partial charge in [-0.15, -0.1) is 0 Å². The van der Waals surface area contributed by atoms with Gasteiger partial charge in [-0.05, 0) is 37.5 Å². The minimum atomic E-state index is 0.278. The first-order chi connectivity index (χ1) is 6.40. The molecule has 1 atom stereocenters. The molecule has 0 unspecified atom stereocenters. The lowest BCUT2D eigenvalue weighted by atomic mass is 10.0. The van der Waals surface area contributed by atoms with Crippen molar-refractivity contribution in [3.8, 4) is 5.75 Å². The van der Waals surface area contributed by atoms with E-state index in [9.17, 15) is 0 Å². The van der Waals surface area contributed by atoms with E-state index < -0.39 is 0 Å². The second-order valence-electron chi connectivity index (χ2n) is 3.33. The van der Waals surface area contributed by atoms with Crippen LogP contribution in [0.1, 0.15) is 18.9 Å². The average molecular weight is 174 g/mol. The summed E-state index contributed by atoms with van der Waals surface area (Å²) in [5.74, 6) is 1.05. The predicted octanol–water partition coefficient (Wildman–Crippen LogP) is 2.96. The summed E-state index contributed by atoms with van der Waals surface area (Å²) in [4.78, 5) is 0. The van der Waals surface area contributed by atoms with Crippen molar-refractivity contribution in [2.24, 2.45) is 0 Å². The van der Waals surface area contributed by atoms with Crippen molar-refractivity contribution >= 4 is 0 Å². The lowest BCUT2D eigenvalue weighted by Crippen LogP contribution is -2.19. The maximum atomic E-state index is 5.79. The van der Waals surface area contributed by atoms with E-state index in [0.717, 1.165) is 18.6 Å². The quantitative estimate of drug-likeness (QED) is 0.595. The zero-order chi connectivity index (χ0) is 9.10. The fourth-order valence-electron chi connectivity index (χ4n) is 1.70. The van der Waals surface area contributed by atoms with E-state index in [1.165, 1.54) is 5.56 Å². The molecular weight excluding hydrogens is 160 g/mol. The van der Waals surface area contributed by atoms with Crippen LogP contribution in [0.2, 0.25) is 0 Å². The molecule has 1 nitrogen and oxygen atoms in total. The van der Waals surface area contributed by atoms with Gasteiger partial charge in [0.2, 0.25) is 0 Å².